The molecule has 0 aliphatic carbocycles. The second-order valence-electron chi connectivity index (χ2n) is 7.72. The zero-order valence-electron chi connectivity index (χ0n) is 18.6. The van der Waals surface area contributed by atoms with Crippen molar-refractivity contribution in [3.63, 3.8) is 0 Å². The van der Waals surface area contributed by atoms with E-state index in [-0.39, 0.29) is 12.0 Å². The molecule has 0 aliphatic rings. The van der Waals surface area contributed by atoms with Gasteiger partial charge in [-0.05, 0) is 36.2 Å². The van der Waals surface area contributed by atoms with Crippen molar-refractivity contribution < 1.29 is 0 Å². The van der Waals surface area contributed by atoms with Gasteiger partial charge in [0.25, 0.3) is 0 Å². The summed E-state index contributed by atoms with van der Waals surface area (Å²) in [4.78, 5) is 0. The minimum absolute atomic E-state index is 0.0739. The van der Waals surface area contributed by atoms with Crippen molar-refractivity contribution in [2.45, 2.75) is 25.3 Å². The molecule has 0 heterocycles. The van der Waals surface area contributed by atoms with Crippen molar-refractivity contribution in [3.8, 4) is 0 Å². The van der Waals surface area contributed by atoms with Crippen molar-refractivity contribution in [3.05, 3.63) is 126 Å². The van der Waals surface area contributed by atoms with E-state index >= 15 is 0 Å². The molecule has 31 heavy (non-hydrogen) atoms. The van der Waals surface area contributed by atoms with E-state index in [0.717, 1.165) is 23.5 Å². The van der Waals surface area contributed by atoms with Crippen LogP contribution in [-0.2, 0) is 6.42 Å². The number of hydrogen-bond donors (Lipinski definition) is 3. The fourth-order valence-corrected chi connectivity index (χ4v) is 3.96. The lowest BCUT2D eigenvalue weighted by Gasteiger charge is -2.33. The molecule has 0 bridgehead atoms. The maximum Gasteiger partial charge on any atom is 0.0763 e. The molecule has 0 aromatic heterocycles. The minimum atomic E-state index is -0.0874. The van der Waals surface area contributed by atoms with Gasteiger partial charge in [-0.15, -0.1) is 0 Å². The number of anilines is 1. The number of aryl methyl sites for hydroxylation is 1. The fraction of sp³-hybridized carbons (Fsp3) is 0.214. The second-order valence-corrected chi connectivity index (χ2v) is 7.72. The highest BCUT2D eigenvalue weighted by Crippen LogP contribution is 2.32. The predicted molar refractivity (Wildman–Crippen MR) is 133 cm³/mol. The van der Waals surface area contributed by atoms with Crippen LogP contribution in [0.3, 0.4) is 0 Å². The first kappa shape index (κ1) is 22.4. The van der Waals surface area contributed by atoms with Gasteiger partial charge >= 0.3 is 0 Å². The molecular formula is C28H33N3. The summed E-state index contributed by atoms with van der Waals surface area (Å²) in [5.74, 6) is 0.0739. The SMILES string of the molecule is C=C(CNC)NC(C(=C)Nc1ccccc1CC)C(c1ccccc1)c1ccccc1. The monoisotopic (exact) mass is 411 g/mol. The highest BCUT2D eigenvalue weighted by Gasteiger charge is 2.28. The van der Waals surface area contributed by atoms with Crippen LogP contribution in [0.25, 0.3) is 0 Å². The zero-order chi connectivity index (χ0) is 22.1. The van der Waals surface area contributed by atoms with Gasteiger partial charge in [-0.25, -0.2) is 0 Å². The summed E-state index contributed by atoms with van der Waals surface area (Å²) < 4.78 is 0. The Labute approximate surface area is 186 Å². The average molecular weight is 412 g/mol. The van der Waals surface area contributed by atoms with Gasteiger partial charge in [0, 0.05) is 29.5 Å². The topological polar surface area (TPSA) is 36.1 Å². The molecular weight excluding hydrogens is 378 g/mol. The Morgan fingerprint density at radius 1 is 0.806 bits per heavy atom. The fourth-order valence-electron chi connectivity index (χ4n) is 3.96. The summed E-state index contributed by atoms with van der Waals surface area (Å²) in [7, 11) is 1.93. The lowest BCUT2D eigenvalue weighted by Crippen LogP contribution is -2.40. The number of para-hydroxylation sites is 1. The van der Waals surface area contributed by atoms with Gasteiger partial charge < -0.3 is 16.0 Å². The maximum absolute atomic E-state index is 4.48. The van der Waals surface area contributed by atoms with Crippen molar-refractivity contribution >= 4 is 5.69 Å². The molecule has 1 atom stereocenters. The van der Waals surface area contributed by atoms with Crippen LogP contribution < -0.4 is 16.0 Å². The molecule has 0 saturated heterocycles. The van der Waals surface area contributed by atoms with Crippen LogP contribution in [0.1, 0.15) is 29.5 Å². The number of likely N-dealkylation sites (N-methyl/N-ethyl adjacent to an activating group) is 1. The van der Waals surface area contributed by atoms with Crippen molar-refractivity contribution in [2.75, 3.05) is 18.9 Å². The molecule has 3 aromatic carbocycles. The molecule has 0 spiro atoms. The summed E-state index contributed by atoms with van der Waals surface area (Å²) >= 11 is 0. The first-order chi connectivity index (χ1) is 15.1. The standard InChI is InChI=1S/C28H33N3/c1-5-23-14-12-13-19-26(23)31-22(3)28(30-21(2)20-29-4)27(24-15-8-6-9-16-24)25-17-10-7-11-18-25/h6-19,27-31H,2-3,5,20H2,1,4H3. The van der Waals surface area contributed by atoms with E-state index in [0.29, 0.717) is 6.54 Å². The molecule has 0 fully saturated rings. The Hall–Kier alpha value is -3.30. The molecule has 160 valence electrons. The van der Waals surface area contributed by atoms with Crippen LogP contribution in [0.5, 0.6) is 0 Å². The summed E-state index contributed by atoms with van der Waals surface area (Å²) in [6, 6.07) is 29.5. The highest BCUT2D eigenvalue weighted by atomic mass is 15.0. The maximum atomic E-state index is 4.48. The smallest absolute Gasteiger partial charge is 0.0763 e. The first-order valence-electron chi connectivity index (χ1n) is 10.9. The lowest BCUT2D eigenvalue weighted by molar-refractivity contribution is 0.563. The van der Waals surface area contributed by atoms with Crippen molar-refractivity contribution in [2.24, 2.45) is 0 Å². The number of hydrogen-bond acceptors (Lipinski definition) is 3. The van der Waals surface area contributed by atoms with Crippen molar-refractivity contribution in [1.82, 2.24) is 10.6 Å². The second kappa shape index (κ2) is 11.2. The third kappa shape index (κ3) is 5.87. The number of nitrogens with one attached hydrogen (secondary N) is 3. The van der Waals surface area contributed by atoms with Gasteiger partial charge in [0.05, 0.1) is 6.04 Å². The lowest BCUT2D eigenvalue weighted by atomic mass is 9.83. The highest BCUT2D eigenvalue weighted by molar-refractivity contribution is 5.56. The zero-order valence-corrected chi connectivity index (χ0v) is 18.6. The molecule has 3 rings (SSSR count). The molecule has 0 aliphatic heterocycles. The first-order valence-corrected chi connectivity index (χ1v) is 10.9. The molecule has 3 heteroatoms. The molecule has 0 amide bonds. The normalized spacial score (nSPS) is 11.7. The molecule has 0 saturated carbocycles. The summed E-state index contributed by atoms with van der Waals surface area (Å²) in [6.45, 7) is 11.6. The minimum Gasteiger partial charge on any atom is -0.379 e. The quantitative estimate of drug-likeness (QED) is 0.379. The van der Waals surface area contributed by atoms with Crippen LogP contribution >= 0.6 is 0 Å². The van der Waals surface area contributed by atoms with Gasteiger partial charge in [0.15, 0.2) is 0 Å². The van der Waals surface area contributed by atoms with E-state index in [9.17, 15) is 0 Å². The van der Waals surface area contributed by atoms with Crippen LogP contribution in [0.4, 0.5) is 5.69 Å². The molecule has 3 aromatic rings. The Bertz CT molecular complexity index is 940. The van der Waals surface area contributed by atoms with Gasteiger partial charge in [-0.3, -0.25) is 0 Å². The Kier molecular flexibility index (Phi) is 8.08. The molecule has 1 unspecified atom stereocenters. The summed E-state index contributed by atoms with van der Waals surface area (Å²) in [5.41, 5.74) is 6.67. The van der Waals surface area contributed by atoms with E-state index in [1.165, 1.54) is 16.7 Å². The Balaban J connectivity index is 2.02. The third-order valence-corrected chi connectivity index (χ3v) is 5.47. The Morgan fingerprint density at radius 2 is 1.35 bits per heavy atom. The van der Waals surface area contributed by atoms with Gasteiger partial charge in [-0.2, -0.15) is 0 Å². The van der Waals surface area contributed by atoms with Crippen LogP contribution in [0.15, 0.2) is 109 Å². The van der Waals surface area contributed by atoms with Crippen LogP contribution in [-0.4, -0.2) is 19.6 Å². The number of rotatable bonds is 11. The summed E-state index contributed by atoms with van der Waals surface area (Å²) in [6.07, 6.45) is 0.960. The predicted octanol–water partition coefficient (Wildman–Crippen LogP) is 5.70. The van der Waals surface area contributed by atoms with E-state index in [1.807, 2.05) is 7.05 Å². The van der Waals surface area contributed by atoms with E-state index < -0.39 is 0 Å². The van der Waals surface area contributed by atoms with Crippen LogP contribution in [0.2, 0.25) is 0 Å². The van der Waals surface area contributed by atoms with Gasteiger partial charge in [-0.1, -0.05) is 98.9 Å². The Morgan fingerprint density at radius 3 is 1.90 bits per heavy atom. The average Bonchev–Trinajstić information content (AvgIpc) is 2.80. The summed E-state index contributed by atoms with van der Waals surface area (Å²) in [5, 5.41) is 10.5. The van der Waals surface area contributed by atoms with Crippen molar-refractivity contribution in [1.29, 1.82) is 0 Å². The molecule has 0 radical (unpaired) electrons. The van der Waals surface area contributed by atoms with Gasteiger partial charge in [0.2, 0.25) is 0 Å². The van der Waals surface area contributed by atoms with E-state index in [1.54, 1.807) is 0 Å². The largest absolute Gasteiger partial charge is 0.379 e. The van der Waals surface area contributed by atoms with E-state index in [2.05, 4.69) is 121 Å². The van der Waals surface area contributed by atoms with Gasteiger partial charge in [0.1, 0.15) is 0 Å². The van der Waals surface area contributed by atoms with Crippen LogP contribution in [0, 0.1) is 0 Å². The molecule has 3 nitrogen and oxygen atoms in total. The van der Waals surface area contributed by atoms with E-state index in [4.69, 9.17) is 0 Å². The third-order valence-electron chi connectivity index (χ3n) is 5.47. The number of benzene rings is 3. The molecule has 3 N–H and O–H groups in total.